The number of halogens is 3. The van der Waals surface area contributed by atoms with Crippen LogP contribution in [0.3, 0.4) is 0 Å². The van der Waals surface area contributed by atoms with Gasteiger partial charge in [0.15, 0.2) is 0 Å². The zero-order chi connectivity index (χ0) is 20.0. The van der Waals surface area contributed by atoms with Gasteiger partial charge in [0.05, 0.1) is 11.4 Å². The van der Waals surface area contributed by atoms with Crippen molar-refractivity contribution in [3.05, 3.63) is 46.8 Å². The summed E-state index contributed by atoms with van der Waals surface area (Å²) in [5, 5.41) is 8.29. The van der Waals surface area contributed by atoms with Crippen LogP contribution in [0.4, 0.5) is 18.9 Å². The lowest BCUT2D eigenvalue weighted by atomic mass is 10.2. The number of benzene rings is 1. The Morgan fingerprint density at radius 2 is 1.85 bits per heavy atom. The van der Waals surface area contributed by atoms with E-state index in [4.69, 9.17) is 4.52 Å². The Labute approximate surface area is 157 Å². The smallest absolute Gasteiger partial charge is 0.361 e. The van der Waals surface area contributed by atoms with Crippen molar-refractivity contribution in [3.8, 4) is 0 Å². The predicted octanol–water partition coefficient (Wildman–Crippen LogP) is 3.46. The maximum atomic E-state index is 12.1. The third-order valence-electron chi connectivity index (χ3n) is 3.54. The summed E-state index contributed by atoms with van der Waals surface area (Å²) in [6.07, 6.45) is -4.47. The normalized spacial score (nSPS) is 11.3. The lowest BCUT2D eigenvalue weighted by molar-refractivity contribution is -0.123. The summed E-state index contributed by atoms with van der Waals surface area (Å²) in [7, 11) is 0. The summed E-state index contributed by atoms with van der Waals surface area (Å²) < 4.78 is 41.4. The molecule has 0 aliphatic carbocycles. The molecule has 0 aliphatic heterocycles. The van der Waals surface area contributed by atoms with Crippen LogP contribution >= 0.6 is 11.8 Å². The molecule has 0 atom stereocenters. The number of rotatable bonds is 7. The van der Waals surface area contributed by atoms with Gasteiger partial charge in [0.2, 0.25) is 5.91 Å². The predicted molar refractivity (Wildman–Crippen MR) is 95.6 cm³/mol. The van der Waals surface area contributed by atoms with Crippen molar-refractivity contribution in [2.24, 2.45) is 0 Å². The Bertz CT molecular complexity index is 784. The van der Waals surface area contributed by atoms with E-state index in [2.05, 4.69) is 10.5 Å². The van der Waals surface area contributed by atoms with E-state index in [1.807, 2.05) is 13.8 Å². The number of hydrogen-bond acceptors (Lipinski definition) is 5. The molecule has 0 saturated carbocycles. The van der Waals surface area contributed by atoms with Crippen LogP contribution in [0.2, 0.25) is 0 Å². The summed E-state index contributed by atoms with van der Waals surface area (Å²) in [6.45, 7) is 2.24. The second-order valence-corrected chi connectivity index (χ2v) is 6.70. The highest BCUT2D eigenvalue weighted by Crippen LogP contribution is 2.20. The van der Waals surface area contributed by atoms with E-state index in [1.54, 1.807) is 5.32 Å². The Kier molecular flexibility index (Phi) is 6.89. The van der Waals surface area contributed by atoms with Gasteiger partial charge < -0.3 is 15.2 Å². The number of nitrogens with zero attached hydrogens (tertiary/aromatic N) is 1. The third-order valence-corrected chi connectivity index (χ3v) is 4.50. The Morgan fingerprint density at radius 1 is 1.19 bits per heavy atom. The van der Waals surface area contributed by atoms with Gasteiger partial charge >= 0.3 is 6.18 Å². The number of aryl methyl sites for hydroxylation is 2. The van der Waals surface area contributed by atoms with Crippen molar-refractivity contribution in [3.63, 3.8) is 0 Å². The van der Waals surface area contributed by atoms with Crippen molar-refractivity contribution in [1.29, 1.82) is 0 Å². The van der Waals surface area contributed by atoms with Crippen LogP contribution < -0.4 is 10.6 Å². The van der Waals surface area contributed by atoms with Crippen LogP contribution in [0.5, 0.6) is 0 Å². The molecule has 0 bridgehead atoms. The van der Waals surface area contributed by atoms with E-state index in [9.17, 15) is 22.8 Å². The second kappa shape index (κ2) is 8.94. The van der Waals surface area contributed by atoms with Gasteiger partial charge in [-0.15, -0.1) is 11.8 Å². The number of thioether (sulfide) groups is 1. The first-order valence-electron chi connectivity index (χ1n) is 7.90. The zero-order valence-corrected chi connectivity index (χ0v) is 15.5. The fourth-order valence-electron chi connectivity index (χ4n) is 2.14. The number of nitrogens with one attached hydrogen (secondary N) is 2. The summed E-state index contributed by atoms with van der Waals surface area (Å²) >= 11 is 1.40. The zero-order valence-electron chi connectivity index (χ0n) is 14.6. The van der Waals surface area contributed by atoms with E-state index in [0.717, 1.165) is 17.0 Å². The van der Waals surface area contributed by atoms with E-state index >= 15 is 0 Å². The molecule has 2 rings (SSSR count). The van der Waals surface area contributed by atoms with Crippen LogP contribution in [0, 0.1) is 13.8 Å². The lowest BCUT2D eigenvalue weighted by Crippen LogP contribution is -2.33. The number of carbonyl (C=O) groups excluding carboxylic acids is 2. The van der Waals surface area contributed by atoms with Crippen LogP contribution in [-0.2, 0) is 10.5 Å². The number of amides is 2. The molecule has 27 heavy (non-hydrogen) atoms. The Morgan fingerprint density at radius 3 is 2.41 bits per heavy atom. The Balaban J connectivity index is 1.80. The minimum Gasteiger partial charge on any atom is -0.361 e. The molecule has 1 aromatic heterocycles. The van der Waals surface area contributed by atoms with E-state index in [-0.39, 0.29) is 17.2 Å². The molecular formula is C17H18F3N3O3S. The molecule has 10 heteroatoms. The number of anilines is 1. The minimum atomic E-state index is -4.47. The fourth-order valence-corrected chi connectivity index (χ4v) is 3.11. The summed E-state index contributed by atoms with van der Waals surface area (Å²) in [5.74, 6) is 0.450. The molecule has 2 N–H and O–H groups in total. The maximum Gasteiger partial charge on any atom is 0.405 e. The van der Waals surface area contributed by atoms with Crippen LogP contribution in [-0.4, -0.2) is 35.4 Å². The number of hydrogen-bond donors (Lipinski definition) is 2. The molecule has 2 amide bonds. The lowest BCUT2D eigenvalue weighted by Gasteiger charge is -2.09. The SMILES string of the molecule is Cc1noc(C)c1CSCC(=O)Nc1ccc(C(=O)NCC(F)(F)F)cc1. The van der Waals surface area contributed by atoms with Crippen molar-refractivity contribution in [2.45, 2.75) is 25.8 Å². The molecule has 0 saturated heterocycles. The molecule has 2 aromatic rings. The van der Waals surface area contributed by atoms with Crippen LogP contribution in [0.15, 0.2) is 28.8 Å². The standard InChI is InChI=1S/C17H18F3N3O3S/c1-10-14(11(2)26-23-10)7-27-8-15(24)22-13-5-3-12(4-6-13)16(25)21-9-17(18,19)20/h3-6H,7-9H2,1-2H3,(H,21,25)(H,22,24). The molecule has 0 aliphatic rings. The molecule has 0 spiro atoms. The van der Waals surface area contributed by atoms with Crippen molar-refractivity contribution in [1.82, 2.24) is 10.5 Å². The molecule has 6 nitrogen and oxygen atoms in total. The van der Waals surface area contributed by atoms with Gasteiger partial charge in [0.1, 0.15) is 12.3 Å². The molecule has 0 fully saturated rings. The molecule has 1 aromatic carbocycles. The van der Waals surface area contributed by atoms with Crippen molar-refractivity contribution < 1.29 is 27.3 Å². The van der Waals surface area contributed by atoms with Crippen molar-refractivity contribution >= 4 is 29.3 Å². The van der Waals surface area contributed by atoms with Gasteiger partial charge in [-0.1, -0.05) is 5.16 Å². The molecule has 0 unspecified atom stereocenters. The molecular weight excluding hydrogens is 383 g/mol. The summed E-state index contributed by atoms with van der Waals surface area (Å²) in [6, 6.07) is 5.61. The Hall–Kier alpha value is -2.49. The maximum absolute atomic E-state index is 12.1. The van der Waals surface area contributed by atoms with Gasteiger partial charge in [-0.05, 0) is 38.1 Å². The number of aromatic nitrogens is 1. The molecule has 146 valence electrons. The largest absolute Gasteiger partial charge is 0.405 e. The number of carbonyl (C=O) groups is 2. The highest BCUT2D eigenvalue weighted by atomic mass is 32.2. The fraction of sp³-hybridized carbons (Fsp3) is 0.353. The molecule has 0 radical (unpaired) electrons. The topological polar surface area (TPSA) is 84.2 Å². The molecule has 1 heterocycles. The first-order chi connectivity index (χ1) is 12.7. The van der Waals surface area contributed by atoms with Gasteiger partial charge in [-0.3, -0.25) is 9.59 Å². The number of alkyl halides is 3. The summed E-state index contributed by atoms with van der Waals surface area (Å²) in [4.78, 5) is 23.6. The monoisotopic (exact) mass is 401 g/mol. The summed E-state index contributed by atoms with van der Waals surface area (Å²) in [5.41, 5.74) is 2.28. The van der Waals surface area contributed by atoms with Gasteiger partial charge in [0, 0.05) is 22.6 Å². The van der Waals surface area contributed by atoms with Gasteiger partial charge in [-0.25, -0.2) is 0 Å². The van der Waals surface area contributed by atoms with E-state index < -0.39 is 18.6 Å². The third kappa shape index (κ3) is 6.63. The van der Waals surface area contributed by atoms with Gasteiger partial charge in [-0.2, -0.15) is 13.2 Å². The van der Waals surface area contributed by atoms with E-state index in [1.165, 1.54) is 36.0 Å². The van der Waals surface area contributed by atoms with Crippen molar-refractivity contribution in [2.75, 3.05) is 17.6 Å². The highest BCUT2D eigenvalue weighted by Gasteiger charge is 2.27. The van der Waals surface area contributed by atoms with Crippen LogP contribution in [0.25, 0.3) is 0 Å². The minimum absolute atomic E-state index is 0.0741. The first-order valence-corrected chi connectivity index (χ1v) is 9.05. The first kappa shape index (κ1) is 20.8. The average Bonchev–Trinajstić information content (AvgIpc) is 2.91. The average molecular weight is 401 g/mol. The van der Waals surface area contributed by atoms with E-state index in [0.29, 0.717) is 11.4 Å². The van der Waals surface area contributed by atoms with Gasteiger partial charge in [0.25, 0.3) is 5.91 Å². The quantitative estimate of drug-likeness (QED) is 0.742. The highest BCUT2D eigenvalue weighted by molar-refractivity contribution is 7.99. The second-order valence-electron chi connectivity index (χ2n) is 5.72. The van der Waals surface area contributed by atoms with Crippen LogP contribution in [0.1, 0.15) is 27.4 Å².